The number of para-hydroxylation sites is 1. The molecule has 0 spiro atoms. The van der Waals surface area contributed by atoms with Crippen molar-refractivity contribution in [3.8, 4) is 5.69 Å². The van der Waals surface area contributed by atoms with Crippen LogP contribution in [0.5, 0.6) is 0 Å². The fraction of sp³-hybridized carbons (Fsp3) is 0.316. The second-order valence-corrected chi connectivity index (χ2v) is 6.13. The van der Waals surface area contributed by atoms with Crippen molar-refractivity contribution in [2.24, 2.45) is 0 Å². The highest BCUT2D eigenvalue weighted by atomic mass is 16.5. The van der Waals surface area contributed by atoms with Gasteiger partial charge in [0.25, 0.3) is 0 Å². The summed E-state index contributed by atoms with van der Waals surface area (Å²) >= 11 is 0. The minimum absolute atomic E-state index is 0.0128. The lowest BCUT2D eigenvalue weighted by Gasteiger charge is -2.31. The first kappa shape index (κ1) is 17.9. The molecule has 26 heavy (non-hydrogen) atoms. The van der Waals surface area contributed by atoms with Crippen LogP contribution in [0.1, 0.15) is 17.0 Å². The Kier molecular flexibility index (Phi) is 5.18. The normalized spacial score (nSPS) is 17.6. The first-order chi connectivity index (χ1) is 12.5. The molecule has 1 fully saturated rings. The standard InChI is InChI=1S/C19H21N3O4/c1-13-16(14(2)22(20-13)15-6-4-3-5-7-15)8-9-18(23)21-10-11-26-12-17(21)19(24)25/h3-9,17H,10-12H2,1-2H3,(H,24,25). The van der Waals surface area contributed by atoms with E-state index < -0.39 is 12.0 Å². The number of rotatable bonds is 4. The molecular weight excluding hydrogens is 334 g/mol. The van der Waals surface area contributed by atoms with E-state index in [2.05, 4.69) is 5.10 Å². The minimum atomic E-state index is -1.06. The number of aryl methyl sites for hydroxylation is 1. The summed E-state index contributed by atoms with van der Waals surface area (Å²) in [5, 5.41) is 13.8. The number of nitrogens with zero attached hydrogens (tertiary/aromatic N) is 3. The molecule has 1 N–H and O–H groups in total. The van der Waals surface area contributed by atoms with Gasteiger partial charge in [0.1, 0.15) is 0 Å². The van der Waals surface area contributed by atoms with Gasteiger partial charge in [0.15, 0.2) is 6.04 Å². The third-order valence-corrected chi connectivity index (χ3v) is 4.44. The van der Waals surface area contributed by atoms with Gasteiger partial charge in [0.05, 0.1) is 24.6 Å². The van der Waals surface area contributed by atoms with Gasteiger partial charge < -0.3 is 14.7 Å². The van der Waals surface area contributed by atoms with Crippen LogP contribution in [0.15, 0.2) is 36.4 Å². The van der Waals surface area contributed by atoms with Gasteiger partial charge in [-0.2, -0.15) is 5.10 Å². The van der Waals surface area contributed by atoms with Crippen molar-refractivity contribution in [3.63, 3.8) is 0 Å². The number of aliphatic carboxylic acids is 1. The quantitative estimate of drug-likeness (QED) is 0.846. The molecule has 0 aliphatic carbocycles. The molecule has 0 bridgehead atoms. The van der Waals surface area contributed by atoms with Gasteiger partial charge >= 0.3 is 5.97 Å². The van der Waals surface area contributed by atoms with Gasteiger partial charge in [-0.1, -0.05) is 18.2 Å². The van der Waals surface area contributed by atoms with Crippen LogP contribution in [0.3, 0.4) is 0 Å². The topological polar surface area (TPSA) is 84.7 Å². The van der Waals surface area contributed by atoms with Crippen molar-refractivity contribution in [3.05, 3.63) is 53.4 Å². The van der Waals surface area contributed by atoms with Crippen LogP contribution in [-0.4, -0.2) is 57.5 Å². The van der Waals surface area contributed by atoms with Crippen LogP contribution in [0.25, 0.3) is 11.8 Å². The van der Waals surface area contributed by atoms with Crippen molar-refractivity contribution in [1.29, 1.82) is 0 Å². The summed E-state index contributed by atoms with van der Waals surface area (Å²) in [6.45, 7) is 4.44. The number of amides is 1. The third-order valence-electron chi connectivity index (χ3n) is 4.44. The molecule has 1 aromatic heterocycles. The molecule has 1 unspecified atom stereocenters. The number of hydrogen-bond acceptors (Lipinski definition) is 4. The minimum Gasteiger partial charge on any atom is -0.480 e. The number of benzene rings is 1. The first-order valence-corrected chi connectivity index (χ1v) is 8.40. The number of carboxylic acids is 1. The number of carbonyl (C=O) groups excluding carboxylic acids is 1. The number of hydrogen-bond donors (Lipinski definition) is 1. The van der Waals surface area contributed by atoms with Crippen LogP contribution >= 0.6 is 0 Å². The molecule has 7 nitrogen and oxygen atoms in total. The lowest BCUT2D eigenvalue weighted by molar-refractivity contribution is -0.156. The summed E-state index contributed by atoms with van der Waals surface area (Å²) < 4.78 is 6.99. The molecule has 3 rings (SSSR count). The number of carboxylic acid groups (broad SMARTS) is 1. The smallest absolute Gasteiger partial charge is 0.328 e. The Morgan fingerprint density at radius 1 is 1.27 bits per heavy atom. The van der Waals surface area contributed by atoms with Crippen LogP contribution in [0.4, 0.5) is 0 Å². The maximum Gasteiger partial charge on any atom is 0.328 e. The van der Waals surface area contributed by atoms with E-state index in [9.17, 15) is 14.7 Å². The molecular formula is C19H21N3O4. The molecule has 136 valence electrons. The monoisotopic (exact) mass is 355 g/mol. The summed E-state index contributed by atoms with van der Waals surface area (Å²) in [5.74, 6) is -1.40. The highest BCUT2D eigenvalue weighted by Gasteiger charge is 2.31. The van der Waals surface area contributed by atoms with Gasteiger partial charge in [0, 0.05) is 23.9 Å². The van der Waals surface area contributed by atoms with E-state index in [0.717, 1.165) is 22.6 Å². The van der Waals surface area contributed by atoms with Crippen molar-refractivity contribution in [1.82, 2.24) is 14.7 Å². The molecule has 2 aromatic rings. The highest BCUT2D eigenvalue weighted by molar-refractivity contribution is 5.94. The molecule has 1 aliphatic rings. The third kappa shape index (κ3) is 3.52. The van der Waals surface area contributed by atoms with Crippen LogP contribution in [0, 0.1) is 13.8 Å². The van der Waals surface area contributed by atoms with Gasteiger partial charge in [-0.05, 0) is 32.1 Å². The SMILES string of the molecule is Cc1nn(-c2ccccc2)c(C)c1C=CC(=O)N1CCOCC1C(=O)O. The summed E-state index contributed by atoms with van der Waals surface area (Å²) in [6.07, 6.45) is 3.11. The van der Waals surface area contributed by atoms with Crippen molar-refractivity contribution in [2.75, 3.05) is 19.8 Å². The number of aromatic nitrogens is 2. The second-order valence-electron chi connectivity index (χ2n) is 6.13. The van der Waals surface area contributed by atoms with E-state index >= 15 is 0 Å². The zero-order valence-electron chi connectivity index (χ0n) is 14.8. The number of carbonyl (C=O) groups is 2. The fourth-order valence-electron chi connectivity index (χ4n) is 3.04. The summed E-state index contributed by atoms with van der Waals surface area (Å²) in [7, 11) is 0. The Morgan fingerprint density at radius 2 is 2.00 bits per heavy atom. The maximum atomic E-state index is 12.5. The van der Waals surface area contributed by atoms with E-state index in [1.54, 1.807) is 6.08 Å². The van der Waals surface area contributed by atoms with E-state index in [1.165, 1.54) is 11.0 Å². The zero-order chi connectivity index (χ0) is 18.7. The Hall–Kier alpha value is -2.93. The fourth-order valence-corrected chi connectivity index (χ4v) is 3.04. The van der Waals surface area contributed by atoms with Crippen LogP contribution < -0.4 is 0 Å². The lowest BCUT2D eigenvalue weighted by Crippen LogP contribution is -2.52. The second kappa shape index (κ2) is 7.53. The summed E-state index contributed by atoms with van der Waals surface area (Å²) in [4.78, 5) is 25.1. The van der Waals surface area contributed by atoms with E-state index in [1.807, 2.05) is 48.9 Å². The predicted molar refractivity (Wildman–Crippen MR) is 96.0 cm³/mol. The molecule has 1 amide bonds. The molecule has 1 aliphatic heterocycles. The number of morpholine rings is 1. The van der Waals surface area contributed by atoms with Crippen LogP contribution in [-0.2, 0) is 14.3 Å². The molecule has 7 heteroatoms. The zero-order valence-corrected chi connectivity index (χ0v) is 14.8. The summed E-state index contributed by atoms with van der Waals surface area (Å²) in [5.41, 5.74) is 3.50. The molecule has 2 heterocycles. The van der Waals surface area contributed by atoms with Gasteiger partial charge in [-0.15, -0.1) is 0 Å². The average molecular weight is 355 g/mol. The van der Waals surface area contributed by atoms with Gasteiger partial charge in [-0.3, -0.25) is 4.79 Å². The van der Waals surface area contributed by atoms with Gasteiger partial charge in [0.2, 0.25) is 5.91 Å². The Bertz CT molecular complexity index is 842. The molecule has 1 atom stereocenters. The van der Waals surface area contributed by atoms with E-state index in [4.69, 9.17) is 4.74 Å². The van der Waals surface area contributed by atoms with Crippen molar-refractivity contribution < 1.29 is 19.4 Å². The number of ether oxygens (including phenoxy) is 1. The molecule has 0 radical (unpaired) electrons. The van der Waals surface area contributed by atoms with Crippen LogP contribution in [0.2, 0.25) is 0 Å². The maximum absolute atomic E-state index is 12.5. The van der Waals surface area contributed by atoms with E-state index in [-0.39, 0.29) is 19.1 Å². The van der Waals surface area contributed by atoms with Crippen molar-refractivity contribution in [2.45, 2.75) is 19.9 Å². The Balaban J connectivity index is 1.83. The van der Waals surface area contributed by atoms with E-state index in [0.29, 0.717) is 6.61 Å². The Labute approximate surface area is 151 Å². The molecule has 1 aromatic carbocycles. The largest absolute Gasteiger partial charge is 0.480 e. The Morgan fingerprint density at radius 3 is 2.69 bits per heavy atom. The van der Waals surface area contributed by atoms with Gasteiger partial charge in [-0.25, -0.2) is 9.48 Å². The first-order valence-electron chi connectivity index (χ1n) is 8.40. The average Bonchev–Trinajstić information content (AvgIpc) is 2.94. The van der Waals surface area contributed by atoms with Crippen molar-refractivity contribution >= 4 is 18.0 Å². The predicted octanol–water partition coefficient (Wildman–Crippen LogP) is 1.81. The summed E-state index contributed by atoms with van der Waals surface area (Å²) in [6, 6.07) is 8.79. The lowest BCUT2D eigenvalue weighted by atomic mass is 10.1. The molecule has 0 saturated carbocycles. The molecule has 1 saturated heterocycles. The highest BCUT2D eigenvalue weighted by Crippen LogP contribution is 2.19.